The molecule has 3 rings (SSSR count). The number of piperidine rings is 1. The summed E-state index contributed by atoms with van der Waals surface area (Å²) in [6.45, 7) is 4.90. The van der Waals surface area contributed by atoms with Crippen molar-refractivity contribution in [3.05, 3.63) is 0 Å². The summed E-state index contributed by atoms with van der Waals surface area (Å²) in [6.07, 6.45) is 5.75. The van der Waals surface area contributed by atoms with E-state index in [2.05, 4.69) is 4.90 Å². The van der Waals surface area contributed by atoms with Crippen LogP contribution in [0.25, 0.3) is 0 Å². The van der Waals surface area contributed by atoms with Gasteiger partial charge in [-0.1, -0.05) is 0 Å². The maximum atomic E-state index is 11.4. The molecule has 3 saturated heterocycles. The molecular formula is C15H25NO2S. The molecule has 0 aromatic carbocycles. The van der Waals surface area contributed by atoms with Gasteiger partial charge in [0.2, 0.25) is 0 Å². The van der Waals surface area contributed by atoms with E-state index < -0.39 is 0 Å². The SMILES string of the molecule is CC(=O)C1CCN(C2CCOC3(CCSC3)C2)CC1. The van der Waals surface area contributed by atoms with Crippen molar-refractivity contribution in [2.45, 2.75) is 50.7 Å². The zero-order chi connectivity index (χ0) is 13.3. The second-order valence-electron chi connectivity index (χ2n) is 6.40. The van der Waals surface area contributed by atoms with E-state index in [0.717, 1.165) is 32.5 Å². The lowest BCUT2D eigenvalue weighted by atomic mass is 9.86. The normalized spacial score (nSPS) is 37.8. The highest BCUT2D eigenvalue weighted by Gasteiger charge is 2.42. The maximum absolute atomic E-state index is 11.4. The van der Waals surface area contributed by atoms with Gasteiger partial charge in [-0.05, 0) is 57.9 Å². The van der Waals surface area contributed by atoms with E-state index >= 15 is 0 Å². The summed E-state index contributed by atoms with van der Waals surface area (Å²) < 4.78 is 6.11. The van der Waals surface area contributed by atoms with Crippen LogP contribution in [0.5, 0.6) is 0 Å². The predicted octanol–water partition coefficient (Wildman–Crippen LogP) is 2.34. The van der Waals surface area contributed by atoms with Gasteiger partial charge in [0.25, 0.3) is 0 Å². The van der Waals surface area contributed by atoms with Gasteiger partial charge in [0.1, 0.15) is 5.78 Å². The minimum Gasteiger partial charge on any atom is -0.374 e. The minimum atomic E-state index is 0.186. The summed E-state index contributed by atoms with van der Waals surface area (Å²) in [7, 11) is 0. The predicted molar refractivity (Wildman–Crippen MR) is 78.6 cm³/mol. The molecule has 3 nitrogen and oxygen atoms in total. The molecule has 108 valence electrons. The number of likely N-dealkylation sites (tertiary alicyclic amines) is 1. The number of hydrogen-bond donors (Lipinski definition) is 0. The summed E-state index contributed by atoms with van der Waals surface area (Å²) in [4.78, 5) is 14.1. The first kappa shape index (κ1) is 13.9. The van der Waals surface area contributed by atoms with E-state index in [4.69, 9.17) is 4.74 Å². The van der Waals surface area contributed by atoms with Crippen LogP contribution in [0.4, 0.5) is 0 Å². The van der Waals surface area contributed by atoms with Gasteiger partial charge in [0.15, 0.2) is 0 Å². The molecule has 0 bridgehead atoms. The molecule has 0 saturated carbocycles. The fourth-order valence-corrected chi connectivity index (χ4v) is 5.23. The van der Waals surface area contributed by atoms with E-state index in [1.807, 2.05) is 11.8 Å². The van der Waals surface area contributed by atoms with Gasteiger partial charge in [0, 0.05) is 24.3 Å². The summed E-state index contributed by atoms with van der Waals surface area (Å²) in [5, 5.41) is 0. The first-order valence-electron chi connectivity index (χ1n) is 7.65. The van der Waals surface area contributed by atoms with Crippen molar-refractivity contribution in [1.82, 2.24) is 4.90 Å². The molecule has 0 N–H and O–H groups in total. The standard InChI is InChI=1S/C15H25NO2S/c1-12(17)13-2-6-16(7-3-13)14-4-8-18-15(10-14)5-9-19-11-15/h13-14H,2-11H2,1H3. The summed E-state index contributed by atoms with van der Waals surface area (Å²) >= 11 is 2.04. The van der Waals surface area contributed by atoms with Gasteiger partial charge in [0.05, 0.1) is 5.60 Å². The smallest absolute Gasteiger partial charge is 0.133 e. The van der Waals surface area contributed by atoms with Crippen molar-refractivity contribution in [1.29, 1.82) is 0 Å². The number of hydrogen-bond acceptors (Lipinski definition) is 4. The third kappa shape index (κ3) is 3.01. The maximum Gasteiger partial charge on any atom is 0.133 e. The Hall–Kier alpha value is -0.0600. The van der Waals surface area contributed by atoms with Crippen LogP contribution in [0.15, 0.2) is 0 Å². The zero-order valence-corrected chi connectivity index (χ0v) is 12.7. The number of rotatable bonds is 2. The molecule has 3 heterocycles. The molecule has 1 spiro atoms. The van der Waals surface area contributed by atoms with Crippen LogP contribution in [0.2, 0.25) is 0 Å². The van der Waals surface area contributed by atoms with Crippen LogP contribution in [0, 0.1) is 5.92 Å². The van der Waals surface area contributed by atoms with Crippen molar-refractivity contribution in [3.63, 3.8) is 0 Å². The fourth-order valence-electron chi connectivity index (χ4n) is 3.85. The molecule has 0 radical (unpaired) electrons. The third-order valence-corrected chi connectivity index (χ3v) is 6.38. The molecule has 0 aliphatic carbocycles. The average molecular weight is 283 g/mol. The van der Waals surface area contributed by atoms with Crippen molar-refractivity contribution in [2.75, 3.05) is 31.2 Å². The highest BCUT2D eigenvalue weighted by Crippen LogP contribution is 2.40. The van der Waals surface area contributed by atoms with Gasteiger partial charge in [-0.3, -0.25) is 4.79 Å². The summed E-state index contributed by atoms with van der Waals surface area (Å²) in [6, 6.07) is 0.695. The second-order valence-corrected chi connectivity index (χ2v) is 7.51. The first-order chi connectivity index (χ1) is 9.19. The van der Waals surface area contributed by atoms with Gasteiger partial charge < -0.3 is 9.64 Å². The van der Waals surface area contributed by atoms with Crippen LogP contribution >= 0.6 is 11.8 Å². The number of carbonyl (C=O) groups is 1. The van der Waals surface area contributed by atoms with Gasteiger partial charge >= 0.3 is 0 Å². The Kier molecular flexibility index (Phi) is 4.20. The fraction of sp³-hybridized carbons (Fsp3) is 0.933. The number of ether oxygens (including phenoxy) is 1. The van der Waals surface area contributed by atoms with Crippen molar-refractivity contribution in [3.8, 4) is 0 Å². The van der Waals surface area contributed by atoms with Crippen LogP contribution in [0.3, 0.4) is 0 Å². The number of nitrogens with zero attached hydrogens (tertiary/aromatic N) is 1. The minimum absolute atomic E-state index is 0.186. The number of Topliss-reactive ketones (excluding diaryl/α,β-unsaturated/α-hetero) is 1. The summed E-state index contributed by atoms with van der Waals surface area (Å²) in [5.41, 5.74) is 0.186. The molecule has 0 aromatic rings. The number of ketones is 1. The molecule has 19 heavy (non-hydrogen) atoms. The van der Waals surface area contributed by atoms with E-state index in [9.17, 15) is 4.79 Å². The van der Waals surface area contributed by atoms with Crippen molar-refractivity contribution < 1.29 is 9.53 Å². The molecule has 3 aliphatic heterocycles. The quantitative estimate of drug-likeness (QED) is 0.778. The van der Waals surface area contributed by atoms with Crippen molar-refractivity contribution >= 4 is 17.5 Å². The Morgan fingerprint density at radius 2 is 2.11 bits per heavy atom. The first-order valence-corrected chi connectivity index (χ1v) is 8.80. The van der Waals surface area contributed by atoms with Gasteiger partial charge in [-0.2, -0.15) is 11.8 Å². The number of thioether (sulfide) groups is 1. The van der Waals surface area contributed by atoms with E-state index in [0.29, 0.717) is 17.7 Å². The zero-order valence-electron chi connectivity index (χ0n) is 11.9. The third-order valence-electron chi connectivity index (χ3n) is 5.15. The van der Waals surface area contributed by atoms with Crippen LogP contribution < -0.4 is 0 Å². The molecular weight excluding hydrogens is 258 g/mol. The van der Waals surface area contributed by atoms with Crippen molar-refractivity contribution in [2.24, 2.45) is 5.92 Å². The van der Waals surface area contributed by atoms with Gasteiger partial charge in [-0.15, -0.1) is 0 Å². The Balaban J connectivity index is 1.56. The Labute approximate surface area is 120 Å². The molecule has 2 atom stereocenters. The Bertz CT molecular complexity index is 333. The lowest BCUT2D eigenvalue weighted by Gasteiger charge is -2.44. The molecule has 3 aliphatic rings. The number of carbonyl (C=O) groups excluding carboxylic acids is 1. The Morgan fingerprint density at radius 3 is 2.74 bits per heavy atom. The van der Waals surface area contributed by atoms with E-state index in [1.54, 1.807) is 6.92 Å². The largest absolute Gasteiger partial charge is 0.374 e. The topological polar surface area (TPSA) is 29.5 Å². The monoisotopic (exact) mass is 283 g/mol. The highest BCUT2D eigenvalue weighted by atomic mass is 32.2. The lowest BCUT2D eigenvalue weighted by molar-refractivity contribution is -0.123. The Morgan fingerprint density at radius 1 is 1.32 bits per heavy atom. The van der Waals surface area contributed by atoms with Crippen LogP contribution in [0.1, 0.15) is 39.0 Å². The second kappa shape index (κ2) is 5.74. The molecule has 3 fully saturated rings. The van der Waals surface area contributed by atoms with Crippen LogP contribution in [-0.4, -0.2) is 53.5 Å². The molecule has 0 amide bonds. The summed E-state index contributed by atoms with van der Waals surface area (Å²) in [5.74, 6) is 3.16. The molecule has 4 heteroatoms. The lowest BCUT2D eigenvalue weighted by Crippen LogP contribution is -2.51. The van der Waals surface area contributed by atoms with E-state index in [1.165, 1.54) is 30.8 Å². The van der Waals surface area contributed by atoms with Crippen LogP contribution in [-0.2, 0) is 9.53 Å². The van der Waals surface area contributed by atoms with Gasteiger partial charge in [-0.25, -0.2) is 0 Å². The average Bonchev–Trinajstić information content (AvgIpc) is 2.87. The molecule has 0 aromatic heterocycles. The van der Waals surface area contributed by atoms with E-state index in [-0.39, 0.29) is 5.60 Å². The highest BCUT2D eigenvalue weighted by molar-refractivity contribution is 7.99. The molecule has 2 unspecified atom stereocenters.